The van der Waals surface area contributed by atoms with Crippen molar-refractivity contribution in [1.29, 1.82) is 0 Å². The van der Waals surface area contributed by atoms with Crippen LogP contribution in [0.4, 0.5) is 5.69 Å². The maximum Gasteiger partial charge on any atom is 0.258 e. The molecule has 0 aromatic heterocycles. The van der Waals surface area contributed by atoms with Crippen LogP contribution in [-0.4, -0.2) is 22.6 Å². The Labute approximate surface area is 203 Å². The van der Waals surface area contributed by atoms with Gasteiger partial charge in [0.15, 0.2) is 0 Å². The molecule has 162 valence electrons. The third kappa shape index (κ3) is 3.75. The molecule has 6 nitrogen and oxygen atoms in total. The van der Waals surface area contributed by atoms with Crippen molar-refractivity contribution >= 4 is 57.6 Å². The molecular weight excluding hydrogens is 541 g/mol. The number of benzene rings is 3. The molecule has 4 rings (SSSR count). The van der Waals surface area contributed by atoms with Crippen molar-refractivity contribution < 1.29 is 14.4 Å². The van der Waals surface area contributed by atoms with Gasteiger partial charge in [0.1, 0.15) is 11.6 Å². The first-order valence-electron chi connectivity index (χ1n) is 9.78. The Kier molecular flexibility index (Phi) is 5.96. The number of amides is 3. The lowest BCUT2D eigenvalue weighted by atomic mass is 9.85. The number of primary amides is 1. The number of hydrogen-bond acceptors (Lipinski definition) is 3. The van der Waals surface area contributed by atoms with Crippen molar-refractivity contribution in [3.63, 3.8) is 0 Å². The van der Waals surface area contributed by atoms with Gasteiger partial charge in [0.25, 0.3) is 11.8 Å². The molecule has 3 aromatic carbocycles. The molecule has 0 bridgehead atoms. The lowest BCUT2D eigenvalue weighted by molar-refractivity contribution is -0.133. The zero-order valence-electron chi connectivity index (χ0n) is 17.0. The van der Waals surface area contributed by atoms with Gasteiger partial charge in [0.2, 0.25) is 5.91 Å². The van der Waals surface area contributed by atoms with Crippen LogP contribution in [-0.2, 0) is 15.1 Å². The number of carbonyl (C=O) groups excluding carboxylic acids is 3. The van der Waals surface area contributed by atoms with Crippen molar-refractivity contribution in [3.05, 3.63) is 98.1 Å². The average Bonchev–Trinajstić information content (AvgIpc) is 2.88. The summed E-state index contributed by atoms with van der Waals surface area (Å²) < 4.78 is 0.814. The summed E-state index contributed by atoms with van der Waals surface area (Å²) in [5.74, 6) is -1.69. The van der Waals surface area contributed by atoms with E-state index in [2.05, 4.69) is 27.9 Å². The molecule has 8 heteroatoms. The summed E-state index contributed by atoms with van der Waals surface area (Å²) in [6, 6.07) is 19.4. The Morgan fingerprint density at radius 2 is 1.72 bits per heavy atom. The van der Waals surface area contributed by atoms with Crippen LogP contribution in [0.25, 0.3) is 0 Å². The van der Waals surface area contributed by atoms with Gasteiger partial charge < -0.3 is 16.0 Å². The van der Waals surface area contributed by atoms with Crippen LogP contribution in [0.1, 0.15) is 34.5 Å². The van der Waals surface area contributed by atoms with Crippen LogP contribution >= 0.6 is 34.2 Å². The fraction of sp³-hybridized carbons (Fsp3) is 0.125. The van der Waals surface area contributed by atoms with Crippen molar-refractivity contribution in [2.45, 2.75) is 18.5 Å². The molecule has 2 unspecified atom stereocenters. The molecule has 1 aliphatic heterocycles. The Hall–Kier alpha value is -2.91. The Bertz CT molecular complexity index is 1220. The molecule has 0 saturated heterocycles. The molecule has 0 saturated carbocycles. The second-order valence-electron chi connectivity index (χ2n) is 7.61. The highest BCUT2D eigenvalue weighted by molar-refractivity contribution is 14.1. The van der Waals surface area contributed by atoms with Crippen molar-refractivity contribution in [2.75, 3.05) is 5.32 Å². The molecule has 2 atom stereocenters. The van der Waals surface area contributed by atoms with Gasteiger partial charge in [0.05, 0.1) is 11.3 Å². The molecule has 0 radical (unpaired) electrons. The summed E-state index contributed by atoms with van der Waals surface area (Å²) in [4.78, 5) is 41.8. The summed E-state index contributed by atoms with van der Waals surface area (Å²) in [6.07, 6.45) is 0. The molecule has 0 spiro atoms. The van der Waals surface area contributed by atoms with E-state index in [0.29, 0.717) is 21.8 Å². The number of carbonyl (C=O) groups is 3. The van der Waals surface area contributed by atoms with Crippen LogP contribution in [0.15, 0.2) is 72.8 Å². The fourth-order valence-electron chi connectivity index (χ4n) is 3.94. The van der Waals surface area contributed by atoms with Gasteiger partial charge in [-0.2, -0.15) is 0 Å². The number of anilines is 1. The SMILES string of the molecule is CC(C(N)=O)(c1ccccc1)N1C(=O)c2cc(I)ccc2NC(=O)C1c1ccc(Cl)cc1. The molecule has 3 N–H and O–H groups in total. The van der Waals surface area contributed by atoms with Gasteiger partial charge >= 0.3 is 0 Å². The maximum atomic E-state index is 14.0. The smallest absolute Gasteiger partial charge is 0.258 e. The van der Waals surface area contributed by atoms with E-state index >= 15 is 0 Å². The zero-order valence-corrected chi connectivity index (χ0v) is 19.9. The normalized spacial score (nSPS) is 17.7. The highest BCUT2D eigenvalue weighted by Gasteiger charge is 2.50. The lowest BCUT2D eigenvalue weighted by Crippen LogP contribution is -2.57. The van der Waals surface area contributed by atoms with Crippen LogP contribution in [0.3, 0.4) is 0 Å². The molecule has 3 amide bonds. The summed E-state index contributed by atoms with van der Waals surface area (Å²) in [5.41, 5.74) is 5.98. The van der Waals surface area contributed by atoms with E-state index < -0.39 is 29.3 Å². The van der Waals surface area contributed by atoms with E-state index in [0.717, 1.165) is 3.57 Å². The standard InChI is InChI=1S/C24H19ClIN3O3/c1-24(23(27)32,15-5-3-2-4-6-15)29-20(14-7-9-16(25)10-8-14)21(30)28-19-12-11-17(26)13-18(19)22(29)31/h2-13,20H,1H3,(H2,27,32)(H,28,30). The highest BCUT2D eigenvalue weighted by Crippen LogP contribution is 2.41. The van der Waals surface area contributed by atoms with Crippen LogP contribution < -0.4 is 11.1 Å². The quantitative estimate of drug-likeness (QED) is 0.462. The minimum Gasteiger partial charge on any atom is -0.367 e. The molecule has 3 aromatic rings. The number of fused-ring (bicyclic) bond motifs is 1. The second-order valence-corrected chi connectivity index (χ2v) is 9.29. The Morgan fingerprint density at radius 3 is 2.34 bits per heavy atom. The summed E-state index contributed by atoms with van der Waals surface area (Å²) in [7, 11) is 0. The van der Waals surface area contributed by atoms with Gasteiger partial charge in [-0.3, -0.25) is 14.4 Å². The van der Waals surface area contributed by atoms with Crippen LogP contribution in [0, 0.1) is 3.57 Å². The summed E-state index contributed by atoms with van der Waals surface area (Å²) >= 11 is 8.15. The third-order valence-electron chi connectivity index (χ3n) is 5.68. The van der Waals surface area contributed by atoms with Gasteiger partial charge in [-0.15, -0.1) is 0 Å². The molecule has 0 fully saturated rings. The molecule has 1 heterocycles. The first-order valence-corrected chi connectivity index (χ1v) is 11.2. The number of nitrogens with two attached hydrogens (primary N) is 1. The van der Waals surface area contributed by atoms with E-state index in [1.807, 2.05) is 0 Å². The van der Waals surface area contributed by atoms with E-state index in [9.17, 15) is 14.4 Å². The molecule has 0 aliphatic carbocycles. The third-order valence-corrected chi connectivity index (χ3v) is 6.60. The van der Waals surface area contributed by atoms with Gasteiger partial charge in [0, 0.05) is 8.59 Å². The van der Waals surface area contributed by atoms with Crippen molar-refractivity contribution in [2.24, 2.45) is 5.73 Å². The Balaban J connectivity index is 2.02. The van der Waals surface area contributed by atoms with Gasteiger partial charge in [-0.25, -0.2) is 0 Å². The van der Waals surface area contributed by atoms with E-state index in [-0.39, 0.29) is 5.56 Å². The second kappa shape index (κ2) is 8.55. The molecular formula is C24H19ClIN3O3. The largest absolute Gasteiger partial charge is 0.367 e. The topological polar surface area (TPSA) is 92.5 Å². The number of hydrogen-bond donors (Lipinski definition) is 2. The minimum atomic E-state index is -1.61. The van der Waals surface area contributed by atoms with Crippen molar-refractivity contribution in [1.82, 2.24) is 4.90 Å². The highest BCUT2D eigenvalue weighted by atomic mass is 127. The number of nitrogens with zero attached hydrogens (tertiary/aromatic N) is 1. The maximum absolute atomic E-state index is 14.0. The minimum absolute atomic E-state index is 0.283. The zero-order chi connectivity index (χ0) is 23.0. The van der Waals surface area contributed by atoms with Crippen molar-refractivity contribution in [3.8, 4) is 0 Å². The number of rotatable bonds is 4. The van der Waals surface area contributed by atoms with Crippen LogP contribution in [0.5, 0.6) is 0 Å². The van der Waals surface area contributed by atoms with Crippen LogP contribution in [0.2, 0.25) is 5.02 Å². The fourth-order valence-corrected chi connectivity index (χ4v) is 4.55. The van der Waals surface area contributed by atoms with E-state index in [4.69, 9.17) is 17.3 Å². The summed E-state index contributed by atoms with van der Waals surface area (Å²) in [5, 5.41) is 3.33. The van der Waals surface area contributed by atoms with E-state index in [1.54, 1.807) is 79.7 Å². The Morgan fingerprint density at radius 1 is 1.06 bits per heavy atom. The number of nitrogens with one attached hydrogen (secondary N) is 1. The average molecular weight is 560 g/mol. The summed E-state index contributed by atoms with van der Waals surface area (Å²) in [6.45, 7) is 1.57. The lowest BCUT2D eigenvalue weighted by Gasteiger charge is -2.42. The number of halogens is 2. The van der Waals surface area contributed by atoms with Gasteiger partial charge in [-0.1, -0.05) is 54.1 Å². The van der Waals surface area contributed by atoms with E-state index in [1.165, 1.54) is 4.90 Å². The monoisotopic (exact) mass is 559 g/mol. The predicted molar refractivity (Wildman–Crippen MR) is 131 cm³/mol. The van der Waals surface area contributed by atoms with Gasteiger partial charge in [-0.05, 0) is 71.0 Å². The first-order chi connectivity index (χ1) is 15.2. The predicted octanol–water partition coefficient (Wildman–Crippen LogP) is 4.48. The first kappa shape index (κ1) is 22.3. The molecule has 1 aliphatic rings. The molecule has 32 heavy (non-hydrogen) atoms.